The maximum absolute atomic E-state index is 12.9. The number of rotatable bonds is 3. The maximum Gasteiger partial charge on any atom is 0.345 e. The van der Waals surface area contributed by atoms with E-state index in [0.717, 1.165) is 40.6 Å². The molecule has 3 heterocycles. The number of fused-ring (bicyclic) bond motifs is 1. The summed E-state index contributed by atoms with van der Waals surface area (Å²) in [5.41, 5.74) is 3.20. The second-order valence-corrected chi connectivity index (χ2v) is 6.51. The zero-order valence-corrected chi connectivity index (χ0v) is 14.0. The molecule has 128 valence electrons. The Morgan fingerprint density at radius 1 is 1.40 bits per heavy atom. The summed E-state index contributed by atoms with van der Waals surface area (Å²) in [4.78, 5) is 32.6. The lowest BCUT2D eigenvalue weighted by atomic mass is 10.1. The zero-order valence-electron chi connectivity index (χ0n) is 14.0. The molecule has 6 nitrogen and oxygen atoms in total. The number of carbonyl (C=O) groups excluding carboxylic acids is 1. The van der Waals surface area contributed by atoms with Gasteiger partial charge < -0.3 is 14.3 Å². The third kappa shape index (κ3) is 2.95. The fourth-order valence-electron chi connectivity index (χ4n) is 3.56. The molecule has 1 atom stereocenters. The van der Waals surface area contributed by atoms with Crippen molar-refractivity contribution in [2.75, 3.05) is 6.54 Å². The van der Waals surface area contributed by atoms with Crippen molar-refractivity contribution in [2.45, 2.75) is 32.2 Å². The molecule has 1 N–H and O–H groups in total. The van der Waals surface area contributed by atoms with Crippen LogP contribution in [0.5, 0.6) is 0 Å². The molecule has 4 rings (SSSR count). The van der Waals surface area contributed by atoms with Crippen LogP contribution in [0.3, 0.4) is 0 Å². The lowest BCUT2D eigenvalue weighted by Gasteiger charge is -2.24. The molecule has 1 fully saturated rings. The fourth-order valence-corrected chi connectivity index (χ4v) is 3.56. The van der Waals surface area contributed by atoms with E-state index in [9.17, 15) is 9.59 Å². The Labute approximate surface area is 144 Å². The summed E-state index contributed by atoms with van der Waals surface area (Å²) in [6, 6.07) is 7.67. The molecule has 1 saturated heterocycles. The van der Waals surface area contributed by atoms with Crippen molar-refractivity contribution < 1.29 is 9.21 Å². The minimum absolute atomic E-state index is 0.0448. The molecule has 3 aromatic rings. The molecule has 0 spiro atoms. The van der Waals surface area contributed by atoms with Crippen LogP contribution in [0.15, 0.2) is 45.9 Å². The van der Waals surface area contributed by atoms with Crippen LogP contribution in [-0.2, 0) is 11.2 Å². The summed E-state index contributed by atoms with van der Waals surface area (Å²) >= 11 is 0. The van der Waals surface area contributed by atoms with Gasteiger partial charge in [-0.05, 0) is 37.5 Å². The van der Waals surface area contributed by atoms with Gasteiger partial charge in [-0.1, -0.05) is 12.1 Å². The summed E-state index contributed by atoms with van der Waals surface area (Å²) in [7, 11) is 0. The van der Waals surface area contributed by atoms with Gasteiger partial charge in [0.25, 0.3) is 0 Å². The Bertz CT molecular complexity index is 989. The van der Waals surface area contributed by atoms with Crippen LogP contribution in [0.2, 0.25) is 0 Å². The van der Waals surface area contributed by atoms with Crippen molar-refractivity contribution in [1.29, 1.82) is 0 Å². The first-order chi connectivity index (χ1) is 12.1. The first-order valence-corrected chi connectivity index (χ1v) is 8.43. The van der Waals surface area contributed by atoms with E-state index in [1.165, 1.54) is 6.20 Å². The van der Waals surface area contributed by atoms with Crippen molar-refractivity contribution in [1.82, 2.24) is 14.9 Å². The van der Waals surface area contributed by atoms with Crippen LogP contribution in [0.4, 0.5) is 0 Å². The zero-order chi connectivity index (χ0) is 17.4. The van der Waals surface area contributed by atoms with E-state index in [-0.39, 0.29) is 17.6 Å². The van der Waals surface area contributed by atoms with E-state index >= 15 is 0 Å². The molecule has 1 aromatic carbocycles. The second kappa shape index (κ2) is 6.20. The highest BCUT2D eigenvalue weighted by molar-refractivity contribution is 5.88. The summed E-state index contributed by atoms with van der Waals surface area (Å²) < 4.78 is 5.59. The van der Waals surface area contributed by atoms with Crippen LogP contribution in [-0.4, -0.2) is 27.3 Å². The average Bonchev–Trinajstić information content (AvgIpc) is 3.22. The summed E-state index contributed by atoms with van der Waals surface area (Å²) in [6.07, 6.45) is 5.22. The molecule has 0 saturated carbocycles. The molecular formula is C19H19N3O3. The number of furan rings is 1. The molecule has 0 aliphatic carbocycles. The third-order valence-electron chi connectivity index (χ3n) is 4.78. The molecule has 1 aliphatic heterocycles. The molecule has 0 unspecified atom stereocenters. The number of nitrogens with zero attached hydrogens (tertiary/aromatic N) is 2. The Balaban J connectivity index is 1.58. The monoisotopic (exact) mass is 337 g/mol. The minimum Gasteiger partial charge on any atom is -0.464 e. The molecule has 6 heteroatoms. The quantitative estimate of drug-likeness (QED) is 0.797. The van der Waals surface area contributed by atoms with Crippen LogP contribution >= 0.6 is 0 Å². The topological polar surface area (TPSA) is 79.2 Å². The van der Waals surface area contributed by atoms with Crippen LogP contribution < -0.4 is 5.69 Å². The summed E-state index contributed by atoms with van der Waals surface area (Å²) in [6.45, 7) is 2.71. The van der Waals surface area contributed by atoms with E-state index < -0.39 is 0 Å². The van der Waals surface area contributed by atoms with E-state index in [1.54, 1.807) is 12.3 Å². The Morgan fingerprint density at radius 2 is 2.28 bits per heavy atom. The number of aromatic amines is 1. The van der Waals surface area contributed by atoms with Gasteiger partial charge in [-0.25, -0.2) is 9.78 Å². The number of likely N-dealkylation sites (tertiary alicyclic amines) is 1. The lowest BCUT2D eigenvalue weighted by Crippen LogP contribution is -2.33. The number of amides is 1. The van der Waals surface area contributed by atoms with Gasteiger partial charge in [-0.2, -0.15) is 0 Å². The standard InChI is InChI=1S/C19H19N3O3/c1-12-4-5-14-13(11-25-17(14)9-12)10-18(23)22-8-2-3-16(22)15-6-7-20-19(24)21-15/h4-7,9,11,16H,2-3,8,10H2,1H3,(H,20,21,24)/t16-/m1/s1. The maximum atomic E-state index is 12.9. The Hall–Kier alpha value is -2.89. The minimum atomic E-state index is -0.381. The summed E-state index contributed by atoms with van der Waals surface area (Å²) in [5, 5.41) is 0.979. The van der Waals surface area contributed by atoms with Crippen molar-refractivity contribution in [3.05, 3.63) is 64.0 Å². The van der Waals surface area contributed by atoms with E-state index in [2.05, 4.69) is 9.97 Å². The number of H-pyrrole nitrogens is 1. The number of hydrogen-bond donors (Lipinski definition) is 1. The number of aromatic nitrogens is 2. The molecular weight excluding hydrogens is 318 g/mol. The number of hydrogen-bond acceptors (Lipinski definition) is 4. The predicted molar refractivity (Wildman–Crippen MR) is 93.2 cm³/mol. The van der Waals surface area contributed by atoms with Crippen molar-refractivity contribution in [3.63, 3.8) is 0 Å². The van der Waals surface area contributed by atoms with Crippen LogP contribution in [0, 0.1) is 6.92 Å². The molecule has 0 bridgehead atoms. The number of aryl methyl sites for hydroxylation is 1. The van der Waals surface area contributed by atoms with E-state index in [4.69, 9.17) is 4.42 Å². The molecule has 2 aromatic heterocycles. The molecule has 25 heavy (non-hydrogen) atoms. The van der Waals surface area contributed by atoms with Gasteiger partial charge in [0.05, 0.1) is 18.7 Å². The van der Waals surface area contributed by atoms with Gasteiger partial charge in [0.15, 0.2) is 0 Å². The van der Waals surface area contributed by atoms with E-state index in [0.29, 0.717) is 13.0 Å². The highest BCUT2D eigenvalue weighted by atomic mass is 16.3. The largest absolute Gasteiger partial charge is 0.464 e. The SMILES string of the molecule is Cc1ccc2c(CC(=O)N3CCC[C@@H]3c3ccnc(=O)[nH]3)coc2c1. The Morgan fingerprint density at radius 3 is 3.12 bits per heavy atom. The number of carbonyl (C=O) groups is 1. The Kier molecular flexibility index (Phi) is 3.87. The highest BCUT2D eigenvalue weighted by Crippen LogP contribution is 2.31. The van der Waals surface area contributed by atoms with Crippen molar-refractivity contribution in [3.8, 4) is 0 Å². The van der Waals surface area contributed by atoms with Crippen molar-refractivity contribution >= 4 is 16.9 Å². The highest BCUT2D eigenvalue weighted by Gasteiger charge is 2.31. The second-order valence-electron chi connectivity index (χ2n) is 6.51. The third-order valence-corrected chi connectivity index (χ3v) is 4.78. The normalized spacial score (nSPS) is 17.3. The predicted octanol–water partition coefficient (Wildman–Crippen LogP) is 2.73. The lowest BCUT2D eigenvalue weighted by molar-refractivity contribution is -0.131. The van der Waals surface area contributed by atoms with Gasteiger partial charge in [-0.3, -0.25) is 4.79 Å². The van der Waals surface area contributed by atoms with Gasteiger partial charge in [-0.15, -0.1) is 0 Å². The van der Waals surface area contributed by atoms with Crippen molar-refractivity contribution in [2.24, 2.45) is 0 Å². The van der Waals surface area contributed by atoms with E-state index in [1.807, 2.05) is 30.0 Å². The van der Waals surface area contributed by atoms with Gasteiger partial charge in [0.2, 0.25) is 5.91 Å². The fraction of sp³-hybridized carbons (Fsp3) is 0.316. The van der Waals surface area contributed by atoms with Gasteiger partial charge in [0.1, 0.15) is 5.58 Å². The molecule has 1 amide bonds. The average molecular weight is 337 g/mol. The van der Waals surface area contributed by atoms with Crippen LogP contribution in [0.1, 0.15) is 35.7 Å². The first kappa shape index (κ1) is 15.6. The molecule has 0 radical (unpaired) electrons. The molecule has 1 aliphatic rings. The number of benzene rings is 1. The summed E-state index contributed by atoms with van der Waals surface area (Å²) in [5.74, 6) is 0.0448. The number of nitrogens with one attached hydrogen (secondary N) is 1. The smallest absolute Gasteiger partial charge is 0.345 e. The first-order valence-electron chi connectivity index (χ1n) is 8.43. The van der Waals surface area contributed by atoms with Gasteiger partial charge >= 0.3 is 5.69 Å². The van der Waals surface area contributed by atoms with Crippen LogP contribution in [0.25, 0.3) is 11.0 Å². The van der Waals surface area contributed by atoms with Gasteiger partial charge in [0, 0.05) is 29.4 Å².